The lowest BCUT2D eigenvalue weighted by Crippen LogP contribution is -2.45. The van der Waals surface area contributed by atoms with E-state index in [0.717, 1.165) is 30.4 Å². The SMILES string of the molecule is COc1nc(N2CCC(NC(=O)c3cnccn3)CC2)ncc1Br. The minimum atomic E-state index is -0.192. The highest BCUT2D eigenvalue weighted by molar-refractivity contribution is 9.10. The first-order valence-corrected chi connectivity index (χ1v) is 8.35. The van der Waals surface area contributed by atoms with Crippen molar-refractivity contribution >= 4 is 27.8 Å². The van der Waals surface area contributed by atoms with Gasteiger partial charge in [-0.1, -0.05) is 0 Å². The first-order chi connectivity index (χ1) is 11.7. The van der Waals surface area contributed by atoms with E-state index in [1.165, 1.54) is 12.4 Å². The number of piperidine rings is 1. The van der Waals surface area contributed by atoms with Crippen LogP contribution < -0.4 is 15.0 Å². The first kappa shape index (κ1) is 16.6. The molecule has 0 bridgehead atoms. The van der Waals surface area contributed by atoms with Crippen molar-refractivity contribution in [3.8, 4) is 5.88 Å². The molecule has 8 nitrogen and oxygen atoms in total. The molecule has 0 aromatic carbocycles. The maximum absolute atomic E-state index is 12.1. The second-order valence-corrected chi connectivity index (χ2v) is 6.21. The van der Waals surface area contributed by atoms with E-state index < -0.39 is 0 Å². The van der Waals surface area contributed by atoms with Gasteiger partial charge in [0.25, 0.3) is 5.91 Å². The van der Waals surface area contributed by atoms with Gasteiger partial charge < -0.3 is 15.0 Å². The maximum Gasteiger partial charge on any atom is 0.271 e. The highest BCUT2D eigenvalue weighted by Gasteiger charge is 2.23. The number of nitrogens with one attached hydrogen (secondary N) is 1. The van der Waals surface area contributed by atoms with Crippen LogP contribution in [0.5, 0.6) is 5.88 Å². The lowest BCUT2D eigenvalue weighted by atomic mass is 10.1. The van der Waals surface area contributed by atoms with Crippen molar-refractivity contribution in [1.29, 1.82) is 0 Å². The van der Waals surface area contributed by atoms with E-state index >= 15 is 0 Å². The van der Waals surface area contributed by atoms with E-state index in [4.69, 9.17) is 4.74 Å². The van der Waals surface area contributed by atoms with Gasteiger partial charge in [0, 0.05) is 31.5 Å². The van der Waals surface area contributed by atoms with Crippen molar-refractivity contribution < 1.29 is 9.53 Å². The number of carbonyl (C=O) groups is 1. The average molecular weight is 393 g/mol. The summed E-state index contributed by atoms with van der Waals surface area (Å²) in [6.07, 6.45) is 7.83. The molecule has 126 valence electrons. The van der Waals surface area contributed by atoms with Gasteiger partial charge in [-0.2, -0.15) is 4.98 Å². The van der Waals surface area contributed by atoms with Crippen LogP contribution in [0.1, 0.15) is 23.3 Å². The van der Waals surface area contributed by atoms with Crippen LogP contribution in [0, 0.1) is 0 Å². The molecule has 3 heterocycles. The van der Waals surface area contributed by atoms with Gasteiger partial charge in [0.05, 0.1) is 24.0 Å². The summed E-state index contributed by atoms with van der Waals surface area (Å²) in [4.78, 5) is 30.8. The molecule has 0 spiro atoms. The van der Waals surface area contributed by atoms with Gasteiger partial charge in [0.2, 0.25) is 11.8 Å². The van der Waals surface area contributed by atoms with Gasteiger partial charge in [-0.05, 0) is 28.8 Å². The Kier molecular flexibility index (Phi) is 5.19. The van der Waals surface area contributed by atoms with Crippen LogP contribution >= 0.6 is 15.9 Å². The number of anilines is 1. The van der Waals surface area contributed by atoms with Crippen molar-refractivity contribution in [2.24, 2.45) is 0 Å². The molecule has 1 aliphatic rings. The number of hydrogen-bond acceptors (Lipinski definition) is 7. The Labute approximate surface area is 147 Å². The molecular formula is C15H17BrN6O2. The predicted octanol–water partition coefficient (Wildman–Crippen LogP) is 1.44. The lowest BCUT2D eigenvalue weighted by Gasteiger charge is -2.32. The number of halogens is 1. The summed E-state index contributed by atoms with van der Waals surface area (Å²) in [5.74, 6) is 0.954. The number of methoxy groups -OCH3 is 1. The Morgan fingerprint density at radius 1 is 1.29 bits per heavy atom. The minimum Gasteiger partial charge on any atom is -0.480 e. The first-order valence-electron chi connectivity index (χ1n) is 7.55. The average Bonchev–Trinajstić information content (AvgIpc) is 2.63. The summed E-state index contributed by atoms with van der Waals surface area (Å²) in [6, 6.07) is 0.105. The monoisotopic (exact) mass is 392 g/mol. The molecule has 9 heteroatoms. The standard InChI is InChI=1S/C15H17BrN6O2/c1-24-14-11(16)8-19-15(21-14)22-6-2-10(3-7-22)20-13(23)12-9-17-4-5-18-12/h4-5,8-10H,2-3,6-7H2,1H3,(H,20,23). The third-order valence-corrected chi connectivity index (χ3v) is 4.35. The molecule has 0 atom stereocenters. The number of hydrogen-bond donors (Lipinski definition) is 1. The lowest BCUT2D eigenvalue weighted by molar-refractivity contribution is 0.0925. The molecule has 1 fully saturated rings. The molecule has 2 aromatic rings. The van der Waals surface area contributed by atoms with E-state index in [2.05, 4.69) is 46.1 Å². The fraction of sp³-hybridized carbons (Fsp3) is 0.400. The molecule has 1 aliphatic heterocycles. The van der Waals surface area contributed by atoms with Gasteiger partial charge in [-0.25, -0.2) is 9.97 Å². The Bertz CT molecular complexity index is 706. The molecule has 0 unspecified atom stereocenters. The molecule has 1 amide bonds. The normalized spacial score (nSPS) is 15.2. The van der Waals surface area contributed by atoms with Crippen molar-refractivity contribution in [2.45, 2.75) is 18.9 Å². The molecule has 0 aliphatic carbocycles. The van der Waals surface area contributed by atoms with Gasteiger partial charge in [0.15, 0.2) is 0 Å². The van der Waals surface area contributed by atoms with E-state index in [1.54, 1.807) is 19.5 Å². The summed E-state index contributed by atoms with van der Waals surface area (Å²) in [5, 5.41) is 3.00. The van der Waals surface area contributed by atoms with Crippen LogP contribution in [0.4, 0.5) is 5.95 Å². The third kappa shape index (κ3) is 3.78. The molecule has 24 heavy (non-hydrogen) atoms. The Morgan fingerprint density at radius 3 is 2.75 bits per heavy atom. The van der Waals surface area contributed by atoms with Crippen molar-refractivity contribution in [3.63, 3.8) is 0 Å². The summed E-state index contributed by atoms with van der Waals surface area (Å²) >= 11 is 3.35. The quantitative estimate of drug-likeness (QED) is 0.840. The number of aromatic nitrogens is 4. The van der Waals surface area contributed by atoms with Crippen LogP contribution in [0.15, 0.2) is 29.3 Å². The largest absolute Gasteiger partial charge is 0.480 e. The van der Waals surface area contributed by atoms with Gasteiger partial charge >= 0.3 is 0 Å². The van der Waals surface area contributed by atoms with Crippen LogP contribution in [0.25, 0.3) is 0 Å². The fourth-order valence-electron chi connectivity index (χ4n) is 2.54. The van der Waals surface area contributed by atoms with Gasteiger partial charge in [-0.3, -0.25) is 9.78 Å². The summed E-state index contributed by atoms with van der Waals surface area (Å²) < 4.78 is 5.93. The molecule has 2 aromatic heterocycles. The van der Waals surface area contributed by atoms with E-state index in [0.29, 0.717) is 17.5 Å². The molecular weight excluding hydrogens is 376 g/mol. The zero-order valence-corrected chi connectivity index (χ0v) is 14.7. The molecule has 3 rings (SSSR count). The van der Waals surface area contributed by atoms with Crippen molar-refractivity contribution in [1.82, 2.24) is 25.3 Å². The second kappa shape index (κ2) is 7.52. The summed E-state index contributed by atoms with van der Waals surface area (Å²) in [5.41, 5.74) is 0.334. The highest BCUT2D eigenvalue weighted by Crippen LogP contribution is 2.24. The van der Waals surface area contributed by atoms with Crippen molar-refractivity contribution in [2.75, 3.05) is 25.1 Å². The van der Waals surface area contributed by atoms with Crippen molar-refractivity contribution in [3.05, 3.63) is 35.0 Å². The third-order valence-electron chi connectivity index (χ3n) is 3.80. The van der Waals surface area contributed by atoms with E-state index in [1.807, 2.05) is 0 Å². The number of ether oxygens (including phenoxy) is 1. The molecule has 0 saturated carbocycles. The Hall–Kier alpha value is -2.29. The number of amides is 1. The Morgan fingerprint density at radius 2 is 2.08 bits per heavy atom. The van der Waals surface area contributed by atoms with E-state index in [9.17, 15) is 4.79 Å². The van der Waals surface area contributed by atoms with Crippen LogP contribution in [-0.4, -0.2) is 52.1 Å². The van der Waals surface area contributed by atoms with Gasteiger partial charge in [0.1, 0.15) is 5.69 Å². The fourth-order valence-corrected chi connectivity index (χ4v) is 2.89. The number of rotatable bonds is 4. The molecule has 1 saturated heterocycles. The topological polar surface area (TPSA) is 93.1 Å². The summed E-state index contributed by atoms with van der Waals surface area (Å²) in [6.45, 7) is 1.52. The van der Waals surface area contributed by atoms with Crippen LogP contribution in [0.2, 0.25) is 0 Å². The van der Waals surface area contributed by atoms with Crippen LogP contribution in [-0.2, 0) is 0 Å². The Balaban J connectivity index is 1.57. The highest BCUT2D eigenvalue weighted by atomic mass is 79.9. The maximum atomic E-state index is 12.1. The van der Waals surface area contributed by atoms with E-state index in [-0.39, 0.29) is 11.9 Å². The smallest absolute Gasteiger partial charge is 0.271 e. The minimum absolute atomic E-state index is 0.105. The second-order valence-electron chi connectivity index (χ2n) is 5.35. The number of carbonyl (C=O) groups excluding carboxylic acids is 1. The summed E-state index contributed by atoms with van der Waals surface area (Å²) in [7, 11) is 1.57. The predicted molar refractivity (Wildman–Crippen MR) is 91.0 cm³/mol. The molecule has 0 radical (unpaired) electrons. The van der Waals surface area contributed by atoms with Crippen LogP contribution in [0.3, 0.4) is 0 Å². The van der Waals surface area contributed by atoms with Gasteiger partial charge in [-0.15, -0.1) is 0 Å². The molecule has 1 N–H and O–H groups in total. The number of nitrogens with zero attached hydrogens (tertiary/aromatic N) is 5. The zero-order valence-electron chi connectivity index (χ0n) is 13.1. The zero-order chi connectivity index (χ0) is 16.9.